The second-order valence-corrected chi connectivity index (χ2v) is 7.50. The number of rotatable bonds is 3. The van der Waals surface area contributed by atoms with Crippen LogP contribution >= 0.6 is 23.8 Å². The molecule has 0 saturated carbocycles. The molecule has 2 aromatic rings. The average molecular weight is 323 g/mol. The molecule has 104 valence electrons. The first-order chi connectivity index (χ1) is 8.69. The van der Waals surface area contributed by atoms with Gasteiger partial charge in [-0.2, -0.15) is 0 Å². The van der Waals surface area contributed by atoms with Crippen LogP contribution in [0.1, 0.15) is 13.0 Å². The van der Waals surface area contributed by atoms with Crippen molar-refractivity contribution in [3.8, 4) is 0 Å². The first kappa shape index (κ1) is 14.5. The van der Waals surface area contributed by atoms with Crippen molar-refractivity contribution in [1.29, 1.82) is 0 Å². The molecule has 0 radical (unpaired) electrons. The van der Waals surface area contributed by atoms with Gasteiger partial charge in [-0.25, -0.2) is 12.8 Å². The SMILES string of the molecule is CC(CS(C)(=O)=O)n1c(=S)[nH]c2cc(Cl)c(F)cc21. The third kappa shape index (κ3) is 2.98. The number of H-pyrrole nitrogens is 1. The van der Waals surface area contributed by atoms with Crippen LogP contribution in [0.15, 0.2) is 12.1 Å². The van der Waals surface area contributed by atoms with Gasteiger partial charge in [-0.15, -0.1) is 0 Å². The zero-order valence-electron chi connectivity index (χ0n) is 10.3. The van der Waals surface area contributed by atoms with E-state index >= 15 is 0 Å². The van der Waals surface area contributed by atoms with Crippen molar-refractivity contribution in [2.24, 2.45) is 0 Å². The van der Waals surface area contributed by atoms with Gasteiger partial charge < -0.3 is 9.55 Å². The van der Waals surface area contributed by atoms with Crippen molar-refractivity contribution >= 4 is 44.7 Å². The van der Waals surface area contributed by atoms with Crippen molar-refractivity contribution in [2.75, 3.05) is 12.0 Å². The Labute approximate surface area is 120 Å². The number of hydrogen-bond donors (Lipinski definition) is 1. The number of halogens is 2. The van der Waals surface area contributed by atoms with Gasteiger partial charge in [0.1, 0.15) is 15.7 Å². The molecule has 2 rings (SSSR count). The normalized spacial score (nSPS) is 13.9. The van der Waals surface area contributed by atoms with Crippen molar-refractivity contribution in [3.05, 3.63) is 27.7 Å². The van der Waals surface area contributed by atoms with E-state index in [1.54, 1.807) is 11.5 Å². The smallest absolute Gasteiger partial charge is 0.178 e. The molecule has 1 unspecified atom stereocenters. The van der Waals surface area contributed by atoms with Gasteiger partial charge in [-0.1, -0.05) is 11.6 Å². The van der Waals surface area contributed by atoms with Crippen molar-refractivity contribution < 1.29 is 12.8 Å². The van der Waals surface area contributed by atoms with E-state index in [0.717, 1.165) is 6.26 Å². The number of nitrogens with one attached hydrogen (secondary N) is 1. The topological polar surface area (TPSA) is 54.9 Å². The summed E-state index contributed by atoms with van der Waals surface area (Å²) in [4.78, 5) is 2.89. The van der Waals surface area contributed by atoms with Gasteiger partial charge in [-0.3, -0.25) is 0 Å². The summed E-state index contributed by atoms with van der Waals surface area (Å²) in [5, 5.41) is -0.00772. The summed E-state index contributed by atoms with van der Waals surface area (Å²) < 4.78 is 38.2. The molecule has 1 heterocycles. The molecule has 0 spiro atoms. The van der Waals surface area contributed by atoms with Crippen LogP contribution in [0.3, 0.4) is 0 Å². The number of nitrogens with zero attached hydrogens (tertiary/aromatic N) is 1. The van der Waals surface area contributed by atoms with E-state index in [2.05, 4.69) is 4.98 Å². The summed E-state index contributed by atoms with van der Waals surface area (Å²) in [6.45, 7) is 1.72. The molecule has 1 N–H and O–H groups in total. The molecule has 0 fully saturated rings. The number of aromatic nitrogens is 2. The zero-order valence-corrected chi connectivity index (χ0v) is 12.7. The lowest BCUT2D eigenvalue weighted by atomic mass is 10.3. The highest BCUT2D eigenvalue weighted by atomic mass is 35.5. The molecule has 0 aliphatic rings. The highest BCUT2D eigenvalue weighted by Gasteiger charge is 2.17. The van der Waals surface area contributed by atoms with Crippen LogP contribution in [0.4, 0.5) is 4.39 Å². The molecule has 0 aliphatic carbocycles. The number of aromatic amines is 1. The van der Waals surface area contributed by atoms with E-state index < -0.39 is 21.7 Å². The predicted octanol–water partition coefficient (Wildman–Crippen LogP) is 3.10. The van der Waals surface area contributed by atoms with Gasteiger partial charge in [0.2, 0.25) is 0 Å². The fourth-order valence-corrected chi connectivity index (χ4v) is 3.65. The highest BCUT2D eigenvalue weighted by Crippen LogP contribution is 2.25. The van der Waals surface area contributed by atoms with Crippen LogP contribution in [0.5, 0.6) is 0 Å². The minimum absolute atomic E-state index is 0.00772. The van der Waals surface area contributed by atoms with Crippen molar-refractivity contribution in [2.45, 2.75) is 13.0 Å². The second-order valence-electron chi connectivity index (χ2n) is 4.53. The number of hydrogen-bond acceptors (Lipinski definition) is 3. The van der Waals surface area contributed by atoms with Crippen LogP contribution < -0.4 is 0 Å². The van der Waals surface area contributed by atoms with E-state index in [0.29, 0.717) is 15.8 Å². The van der Waals surface area contributed by atoms with Gasteiger partial charge in [0.25, 0.3) is 0 Å². The van der Waals surface area contributed by atoms with Crippen LogP contribution in [-0.2, 0) is 9.84 Å². The van der Waals surface area contributed by atoms with Crippen LogP contribution in [0, 0.1) is 10.6 Å². The Balaban J connectivity index is 2.63. The fourth-order valence-electron chi connectivity index (χ4n) is 2.07. The maximum absolute atomic E-state index is 13.5. The average Bonchev–Trinajstić information content (AvgIpc) is 2.52. The van der Waals surface area contributed by atoms with Crippen LogP contribution in [-0.4, -0.2) is 30.0 Å². The first-order valence-corrected chi connectivity index (χ1v) is 8.30. The van der Waals surface area contributed by atoms with E-state index in [9.17, 15) is 12.8 Å². The molecule has 1 atom stereocenters. The Kier molecular flexibility index (Phi) is 3.72. The van der Waals surface area contributed by atoms with E-state index in [4.69, 9.17) is 23.8 Å². The summed E-state index contributed by atoms with van der Waals surface area (Å²) in [5.41, 5.74) is 1.08. The maximum Gasteiger partial charge on any atom is 0.178 e. The molecule has 19 heavy (non-hydrogen) atoms. The second kappa shape index (κ2) is 4.88. The lowest BCUT2D eigenvalue weighted by Crippen LogP contribution is -2.16. The van der Waals surface area contributed by atoms with Gasteiger partial charge in [-0.05, 0) is 25.2 Å². The van der Waals surface area contributed by atoms with Crippen molar-refractivity contribution in [3.63, 3.8) is 0 Å². The molecular weight excluding hydrogens is 311 g/mol. The minimum atomic E-state index is -3.15. The monoisotopic (exact) mass is 322 g/mol. The van der Waals surface area contributed by atoms with E-state index in [1.165, 1.54) is 12.1 Å². The Morgan fingerprint density at radius 2 is 2.16 bits per heavy atom. The molecule has 0 bridgehead atoms. The lowest BCUT2D eigenvalue weighted by molar-refractivity contribution is 0.565. The van der Waals surface area contributed by atoms with Crippen molar-refractivity contribution in [1.82, 2.24) is 9.55 Å². The number of sulfone groups is 1. The largest absolute Gasteiger partial charge is 0.331 e. The predicted molar refractivity (Wildman–Crippen MR) is 76.5 cm³/mol. The number of fused-ring (bicyclic) bond motifs is 1. The molecular formula is C11H12ClFN2O2S2. The molecule has 4 nitrogen and oxygen atoms in total. The summed E-state index contributed by atoms with van der Waals surface area (Å²) in [7, 11) is -3.15. The first-order valence-electron chi connectivity index (χ1n) is 5.46. The van der Waals surface area contributed by atoms with Crippen LogP contribution in [0.25, 0.3) is 11.0 Å². The highest BCUT2D eigenvalue weighted by molar-refractivity contribution is 7.90. The maximum atomic E-state index is 13.5. The van der Waals surface area contributed by atoms with Gasteiger partial charge in [0, 0.05) is 18.4 Å². The summed E-state index contributed by atoms with van der Waals surface area (Å²) in [6, 6.07) is 2.30. The van der Waals surface area contributed by atoms with Gasteiger partial charge in [0.15, 0.2) is 4.77 Å². The van der Waals surface area contributed by atoms with Crippen LogP contribution in [0.2, 0.25) is 5.02 Å². The Morgan fingerprint density at radius 1 is 1.53 bits per heavy atom. The van der Waals surface area contributed by atoms with E-state index in [-0.39, 0.29) is 10.8 Å². The molecule has 0 aliphatic heterocycles. The number of imidazole rings is 1. The Morgan fingerprint density at radius 3 is 2.74 bits per heavy atom. The third-order valence-corrected chi connectivity index (χ3v) is 4.42. The fraction of sp³-hybridized carbons (Fsp3) is 0.364. The summed E-state index contributed by atoms with van der Waals surface area (Å²) in [6.07, 6.45) is 1.15. The Hall–Kier alpha value is -0.920. The number of benzene rings is 1. The quantitative estimate of drug-likeness (QED) is 0.883. The standard InChI is InChI=1S/C11H12ClFN2O2S2/c1-6(5-19(2,16)17)15-10-4-8(13)7(12)3-9(10)14-11(15)18/h3-4,6H,5H2,1-2H3,(H,14,18). The molecule has 1 aromatic carbocycles. The van der Waals surface area contributed by atoms with Gasteiger partial charge in [0.05, 0.1) is 21.8 Å². The molecule has 0 saturated heterocycles. The molecule has 1 aromatic heterocycles. The van der Waals surface area contributed by atoms with E-state index in [1.807, 2.05) is 0 Å². The summed E-state index contributed by atoms with van der Waals surface area (Å²) in [5.74, 6) is -0.637. The Bertz CT molecular complexity index is 795. The lowest BCUT2D eigenvalue weighted by Gasteiger charge is -2.13. The van der Waals surface area contributed by atoms with Gasteiger partial charge >= 0.3 is 0 Å². The minimum Gasteiger partial charge on any atom is -0.331 e. The summed E-state index contributed by atoms with van der Waals surface area (Å²) >= 11 is 10.9. The molecule has 0 amide bonds. The third-order valence-electron chi connectivity index (χ3n) is 2.74. The molecule has 8 heteroatoms. The zero-order chi connectivity index (χ0) is 14.4.